The van der Waals surface area contributed by atoms with Crippen molar-refractivity contribution in [2.75, 3.05) is 31.1 Å². The molecule has 1 unspecified atom stereocenters. The molecule has 2 aromatic rings. The topological polar surface area (TPSA) is 19.4 Å². The summed E-state index contributed by atoms with van der Waals surface area (Å²) in [7, 11) is 0. The summed E-state index contributed by atoms with van der Waals surface area (Å²) in [6, 6.07) is 14.3. The van der Waals surface area contributed by atoms with Crippen LogP contribution in [0, 0.1) is 5.82 Å². The van der Waals surface area contributed by atoms with E-state index in [9.17, 15) is 4.39 Å². The van der Waals surface area contributed by atoms with Crippen LogP contribution in [-0.2, 0) is 6.42 Å². The highest BCUT2D eigenvalue weighted by Gasteiger charge is 2.24. The lowest BCUT2D eigenvalue weighted by Gasteiger charge is -2.40. The summed E-state index contributed by atoms with van der Waals surface area (Å²) in [6.07, 6.45) is 2.38. The minimum atomic E-state index is -0.280. The highest BCUT2D eigenvalue weighted by atomic mass is 19.1. The predicted octanol–water partition coefficient (Wildman–Crippen LogP) is 2.97. The predicted molar refractivity (Wildman–Crippen MR) is 87.6 cm³/mol. The molecular formula is C18H22FN3. The molecule has 3 nitrogen and oxygen atoms in total. The molecule has 116 valence electrons. The molecule has 22 heavy (non-hydrogen) atoms. The van der Waals surface area contributed by atoms with Gasteiger partial charge in [0, 0.05) is 32.2 Å². The third kappa shape index (κ3) is 3.63. The zero-order chi connectivity index (χ0) is 15.4. The molecule has 1 aromatic heterocycles. The van der Waals surface area contributed by atoms with Crippen LogP contribution >= 0.6 is 0 Å². The summed E-state index contributed by atoms with van der Waals surface area (Å²) in [4.78, 5) is 8.96. The average molecular weight is 299 g/mol. The van der Waals surface area contributed by atoms with Crippen LogP contribution in [-0.4, -0.2) is 42.1 Å². The third-order valence-electron chi connectivity index (χ3n) is 4.28. The monoisotopic (exact) mass is 299 g/mol. The molecule has 1 atom stereocenters. The van der Waals surface area contributed by atoms with Crippen LogP contribution in [0.1, 0.15) is 12.5 Å². The Hall–Kier alpha value is -1.94. The quantitative estimate of drug-likeness (QED) is 0.865. The second-order valence-corrected chi connectivity index (χ2v) is 5.91. The zero-order valence-electron chi connectivity index (χ0n) is 13.0. The van der Waals surface area contributed by atoms with Gasteiger partial charge in [0.05, 0.1) is 6.20 Å². The highest BCUT2D eigenvalue weighted by Crippen LogP contribution is 2.18. The van der Waals surface area contributed by atoms with Crippen molar-refractivity contribution in [1.82, 2.24) is 9.88 Å². The van der Waals surface area contributed by atoms with Crippen LogP contribution in [0.15, 0.2) is 48.7 Å². The Morgan fingerprint density at radius 1 is 1.14 bits per heavy atom. The molecule has 4 heteroatoms. The third-order valence-corrected chi connectivity index (χ3v) is 4.28. The number of rotatable bonds is 4. The molecule has 1 saturated heterocycles. The maximum absolute atomic E-state index is 13.0. The summed E-state index contributed by atoms with van der Waals surface area (Å²) in [5.74, 6) is 0.592. The second-order valence-electron chi connectivity index (χ2n) is 5.91. The van der Waals surface area contributed by atoms with Crippen LogP contribution in [0.5, 0.6) is 0 Å². The number of halogens is 1. The first-order valence-electron chi connectivity index (χ1n) is 7.87. The van der Waals surface area contributed by atoms with E-state index in [1.807, 2.05) is 0 Å². The van der Waals surface area contributed by atoms with Crippen LogP contribution in [0.25, 0.3) is 0 Å². The number of hydrogen-bond donors (Lipinski definition) is 0. The first-order valence-corrected chi connectivity index (χ1v) is 7.87. The molecule has 0 N–H and O–H groups in total. The molecule has 1 aromatic carbocycles. The fourth-order valence-electron chi connectivity index (χ4n) is 3.05. The maximum Gasteiger partial charge on any atom is 0.141 e. The Bertz CT molecular complexity index is 585. The summed E-state index contributed by atoms with van der Waals surface area (Å²) >= 11 is 0. The lowest BCUT2D eigenvalue weighted by atomic mass is 10.1. The number of nitrogens with zero attached hydrogens (tertiary/aromatic N) is 3. The van der Waals surface area contributed by atoms with Crippen molar-refractivity contribution >= 4 is 5.82 Å². The van der Waals surface area contributed by atoms with Crippen molar-refractivity contribution in [3.63, 3.8) is 0 Å². The number of anilines is 1. The van der Waals surface area contributed by atoms with Crippen molar-refractivity contribution < 1.29 is 4.39 Å². The van der Waals surface area contributed by atoms with Gasteiger partial charge in [0.25, 0.3) is 0 Å². The fourth-order valence-corrected chi connectivity index (χ4v) is 3.05. The molecule has 0 radical (unpaired) electrons. The molecule has 0 amide bonds. The number of piperazine rings is 1. The number of benzene rings is 1. The van der Waals surface area contributed by atoms with Crippen LogP contribution < -0.4 is 4.90 Å². The molecule has 0 aliphatic carbocycles. The van der Waals surface area contributed by atoms with Gasteiger partial charge >= 0.3 is 0 Å². The Morgan fingerprint density at radius 3 is 2.64 bits per heavy atom. The van der Waals surface area contributed by atoms with Gasteiger partial charge in [-0.25, -0.2) is 9.37 Å². The zero-order valence-corrected chi connectivity index (χ0v) is 13.0. The normalized spacial score (nSPS) is 19.4. The van der Waals surface area contributed by atoms with Gasteiger partial charge < -0.3 is 4.90 Å². The maximum atomic E-state index is 13.0. The van der Waals surface area contributed by atoms with Crippen molar-refractivity contribution in [2.24, 2.45) is 0 Å². The molecule has 1 aliphatic heterocycles. The van der Waals surface area contributed by atoms with Gasteiger partial charge in [-0.15, -0.1) is 0 Å². The highest BCUT2D eigenvalue weighted by molar-refractivity contribution is 5.40. The van der Waals surface area contributed by atoms with Gasteiger partial charge in [0.15, 0.2) is 0 Å². The largest absolute Gasteiger partial charge is 0.351 e. The number of hydrogen-bond acceptors (Lipinski definition) is 3. The van der Waals surface area contributed by atoms with E-state index >= 15 is 0 Å². The van der Waals surface area contributed by atoms with Crippen molar-refractivity contribution in [1.29, 1.82) is 0 Å². The SMILES string of the molecule is CC1CN(CCc2ccccc2)CCN1c1ccc(F)cn1. The molecule has 2 heterocycles. The first kappa shape index (κ1) is 15.0. The molecule has 0 spiro atoms. The Labute approximate surface area is 131 Å². The van der Waals surface area contributed by atoms with Gasteiger partial charge in [0.2, 0.25) is 0 Å². The van der Waals surface area contributed by atoms with Crippen LogP contribution in [0.4, 0.5) is 10.2 Å². The minimum Gasteiger partial charge on any atom is -0.351 e. The molecule has 1 fully saturated rings. The van der Waals surface area contributed by atoms with Gasteiger partial charge in [-0.2, -0.15) is 0 Å². The molecule has 3 rings (SSSR count). The van der Waals surface area contributed by atoms with Crippen LogP contribution in [0.3, 0.4) is 0 Å². The smallest absolute Gasteiger partial charge is 0.141 e. The van der Waals surface area contributed by atoms with E-state index in [4.69, 9.17) is 0 Å². The molecule has 1 aliphatic rings. The Morgan fingerprint density at radius 2 is 1.95 bits per heavy atom. The van der Waals surface area contributed by atoms with E-state index in [0.29, 0.717) is 6.04 Å². The van der Waals surface area contributed by atoms with Crippen molar-refractivity contribution in [3.05, 3.63) is 60.0 Å². The lowest BCUT2D eigenvalue weighted by Crippen LogP contribution is -2.52. The summed E-state index contributed by atoms with van der Waals surface area (Å²) < 4.78 is 13.0. The summed E-state index contributed by atoms with van der Waals surface area (Å²) in [5, 5.41) is 0. The van der Waals surface area contributed by atoms with Crippen LogP contribution in [0.2, 0.25) is 0 Å². The van der Waals surface area contributed by atoms with Crippen molar-refractivity contribution in [3.8, 4) is 0 Å². The molecule has 0 saturated carbocycles. The second kappa shape index (κ2) is 6.88. The van der Waals surface area contributed by atoms with Gasteiger partial charge in [-0.05, 0) is 31.0 Å². The van der Waals surface area contributed by atoms with Crippen molar-refractivity contribution in [2.45, 2.75) is 19.4 Å². The van der Waals surface area contributed by atoms with Gasteiger partial charge in [-0.3, -0.25) is 4.90 Å². The standard InChI is InChI=1S/C18H22FN3/c1-15-14-21(10-9-16-5-3-2-4-6-16)11-12-22(15)18-8-7-17(19)13-20-18/h2-8,13,15H,9-12,14H2,1H3. The summed E-state index contributed by atoms with van der Waals surface area (Å²) in [6.45, 7) is 6.27. The Balaban J connectivity index is 1.54. The summed E-state index contributed by atoms with van der Waals surface area (Å²) in [5.41, 5.74) is 1.39. The lowest BCUT2D eigenvalue weighted by molar-refractivity contribution is 0.230. The average Bonchev–Trinajstić information content (AvgIpc) is 2.55. The van der Waals surface area contributed by atoms with Gasteiger partial charge in [-0.1, -0.05) is 30.3 Å². The van der Waals surface area contributed by atoms with E-state index in [1.165, 1.54) is 17.8 Å². The molecular weight excluding hydrogens is 277 g/mol. The number of pyridine rings is 1. The van der Waals surface area contributed by atoms with E-state index in [1.54, 1.807) is 6.07 Å². The van der Waals surface area contributed by atoms with Gasteiger partial charge in [0.1, 0.15) is 11.6 Å². The molecule has 0 bridgehead atoms. The fraction of sp³-hybridized carbons (Fsp3) is 0.389. The Kier molecular flexibility index (Phi) is 4.68. The number of aromatic nitrogens is 1. The van der Waals surface area contributed by atoms with E-state index in [0.717, 1.165) is 38.4 Å². The first-order chi connectivity index (χ1) is 10.7. The van der Waals surface area contributed by atoms with E-state index in [-0.39, 0.29) is 5.82 Å². The van der Waals surface area contributed by atoms with E-state index in [2.05, 4.69) is 52.0 Å². The minimum absolute atomic E-state index is 0.280. The van der Waals surface area contributed by atoms with E-state index < -0.39 is 0 Å².